The first-order valence-corrected chi connectivity index (χ1v) is 10.9. The van der Waals surface area contributed by atoms with Crippen molar-refractivity contribution in [2.24, 2.45) is 0 Å². The topological polar surface area (TPSA) is 66.5 Å². The summed E-state index contributed by atoms with van der Waals surface area (Å²) in [5.41, 5.74) is 0.766. The van der Waals surface area contributed by atoms with Gasteiger partial charge in [-0.2, -0.15) is 13.2 Å². The number of rotatable bonds is 7. The molecule has 0 spiro atoms. The Morgan fingerprint density at radius 2 is 1.72 bits per heavy atom. The van der Waals surface area contributed by atoms with Crippen LogP contribution >= 0.6 is 0 Å². The maximum absolute atomic E-state index is 12.9. The number of halogens is 3. The molecule has 0 unspecified atom stereocenters. The van der Waals surface area contributed by atoms with Crippen molar-refractivity contribution in [2.75, 3.05) is 11.0 Å². The van der Waals surface area contributed by atoms with Gasteiger partial charge in [0.1, 0.15) is 0 Å². The van der Waals surface area contributed by atoms with Crippen LogP contribution in [0.25, 0.3) is 0 Å². The molecule has 9 heteroatoms. The highest BCUT2D eigenvalue weighted by Gasteiger charge is 2.33. The Balaban J connectivity index is 1.75. The van der Waals surface area contributed by atoms with Crippen molar-refractivity contribution in [3.8, 4) is 0 Å². The van der Waals surface area contributed by atoms with E-state index in [9.17, 15) is 26.4 Å². The summed E-state index contributed by atoms with van der Waals surface area (Å²) in [7, 11) is -3.49. The zero-order valence-electron chi connectivity index (χ0n) is 15.7. The van der Waals surface area contributed by atoms with Gasteiger partial charge in [-0.15, -0.1) is 0 Å². The van der Waals surface area contributed by atoms with Crippen LogP contribution in [-0.2, 0) is 34.0 Å². The van der Waals surface area contributed by atoms with Crippen LogP contribution in [0.15, 0.2) is 48.5 Å². The lowest BCUT2D eigenvalue weighted by Crippen LogP contribution is -2.34. The van der Waals surface area contributed by atoms with Crippen LogP contribution in [-0.4, -0.2) is 31.5 Å². The van der Waals surface area contributed by atoms with Crippen molar-refractivity contribution < 1.29 is 26.4 Å². The van der Waals surface area contributed by atoms with Crippen LogP contribution in [0.2, 0.25) is 0 Å². The van der Waals surface area contributed by atoms with E-state index < -0.39 is 21.8 Å². The van der Waals surface area contributed by atoms with Crippen LogP contribution in [0.4, 0.5) is 18.9 Å². The number of sulfonamides is 1. The lowest BCUT2D eigenvalue weighted by molar-refractivity contribution is -0.137. The fourth-order valence-corrected chi connectivity index (χ4v) is 3.64. The number of carbonyl (C=O) groups excluding carboxylic acids is 1. The second-order valence-electron chi connectivity index (χ2n) is 7.16. The number of hydrogen-bond acceptors (Lipinski definition) is 3. The molecule has 3 rings (SSSR count). The molecule has 0 radical (unpaired) electrons. The van der Waals surface area contributed by atoms with Gasteiger partial charge >= 0.3 is 6.18 Å². The number of nitrogens with zero attached hydrogens (tertiary/aromatic N) is 1. The fraction of sp³-hybridized carbons (Fsp3) is 0.350. The van der Waals surface area contributed by atoms with Crippen molar-refractivity contribution in [1.29, 1.82) is 0 Å². The first-order valence-electron chi connectivity index (χ1n) is 9.04. The van der Waals surface area contributed by atoms with Crippen molar-refractivity contribution in [2.45, 2.75) is 38.0 Å². The number of alkyl halides is 3. The van der Waals surface area contributed by atoms with E-state index in [1.54, 1.807) is 29.2 Å². The monoisotopic (exact) mass is 426 g/mol. The number of hydrogen-bond donors (Lipinski definition) is 1. The molecule has 1 N–H and O–H groups in total. The van der Waals surface area contributed by atoms with Gasteiger partial charge in [0.25, 0.3) is 0 Å². The Labute approximate surface area is 167 Å². The summed E-state index contributed by atoms with van der Waals surface area (Å²) in [4.78, 5) is 14.6. The van der Waals surface area contributed by atoms with Crippen molar-refractivity contribution in [3.63, 3.8) is 0 Å². The molecule has 1 fully saturated rings. The van der Waals surface area contributed by atoms with Crippen LogP contribution in [0.1, 0.15) is 29.5 Å². The van der Waals surface area contributed by atoms with E-state index >= 15 is 0 Å². The molecule has 29 heavy (non-hydrogen) atoms. The average molecular weight is 426 g/mol. The lowest BCUT2D eigenvalue weighted by Gasteiger charge is -2.23. The molecule has 0 aliphatic heterocycles. The van der Waals surface area contributed by atoms with Gasteiger partial charge in [-0.05, 0) is 42.2 Å². The minimum absolute atomic E-state index is 0.00414. The first-order chi connectivity index (χ1) is 13.5. The van der Waals surface area contributed by atoms with Gasteiger partial charge in [-0.25, -0.2) is 8.42 Å². The van der Waals surface area contributed by atoms with Gasteiger partial charge in [-0.3, -0.25) is 9.52 Å². The zero-order valence-corrected chi connectivity index (χ0v) is 16.6. The zero-order chi connectivity index (χ0) is 21.2. The molecular weight excluding hydrogens is 405 g/mol. The number of benzene rings is 2. The maximum atomic E-state index is 12.9. The molecule has 1 aliphatic carbocycles. The Kier molecular flexibility index (Phi) is 5.88. The molecular formula is C20H21F3N2O3S. The van der Waals surface area contributed by atoms with Crippen LogP contribution in [0, 0.1) is 0 Å². The molecule has 2 aromatic carbocycles. The molecule has 0 aromatic heterocycles. The predicted molar refractivity (Wildman–Crippen MR) is 104 cm³/mol. The van der Waals surface area contributed by atoms with Gasteiger partial charge < -0.3 is 4.90 Å². The van der Waals surface area contributed by atoms with E-state index in [2.05, 4.69) is 4.72 Å². The number of amides is 1. The van der Waals surface area contributed by atoms with E-state index in [1.807, 2.05) is 0 Å². The third kappa shape index (κ3) is 5.96. The average Bonchev–Trinajstić information content (AvgIpc) is 3.44. The molecule has 1 amide bonds. The highest BCUT2D eigenvalue weighted by atomic mass is 32.2. The molecule has 156 valence electrons. The summed E-state index contributed by atoms with van der Waals surface area (Å²) in [5.74, 6) is -0.199. The molecule has 1 aliphatic rings. The second kappa shape index (κ2) is 8.06. The third-order valence-corrected chi connectivity index (χ3v) is 5.19. The minimum atomic E-state index is -4.40. The molecule has 5 nitrogen and oxygen atoms in total. The van der Waals surface area contributed by atoms with E-state index in [1.165, 1.54) is 12.1 Å². The van der Waals surface area contributed by atoms with Crippen LogP contribution < -0.4 is 4.72 Å². The standard InChI is InChI=1S/C20H21F3N2O3S/c1-29(27,28)24-18-5-3-2-4-15(18)12-19(26)25(17-10-11-17)13-14-6-8-16(9-7-14)20(21,22)23/h2-9,17,24H,10-13H2,1H3. The Morgan fingerprint density at radius 3 is 2.28 bits per heavy atom. The minimum Gasteiger partial charge on any atom is -0.335 e. The van der Waals surface area contributed by atoms with Gasteiger partial charge in [-0.1, -0.05) is 30.3 Å². The van der Waals surface area contributed by atoms with E-state index in [0.717, 1.165) is 31.2 Å². The van der Waals surface area contributed by atoms with Crippen molar-refractivity contribution in [3.05, 3.63) is 65.2 Å². The number of carbonyl (C=O) groups is 1. The van der Waals surface area contributed by atoms with Crippen LogP contribution in [0.3, 0.4) is 0 Å². The Bertz CT molecular complexity index is 985. The highest BCUT2D eigenvalue weighted by Crippen LogP contribution is 2.32. The molecule has 1 saturated carbocycles. The molecule has 2 aromatic rings. The molecule has 0 saturated heterocycles. The van der Waals surface area contributed by atoms with Gasteiger partial charge in [0.2, 0.25) is 15.9 Å². The summed E-state index contributed by atoms with van der Waals surface area (Å²) in [6.07, 6.45) is -1.69. The number of para-hydroxylation sites is 1. The Morgan fingerprint density at radius 1 is 1.10 bits per heavy atom. The fourth-order valence-electron chi connectivity index (χ4n) is 3.04. The smallest absolute Gasteiger partial charge is 0.335 e. The summed E-state index contributed by atoms with van der Waals surface area (Å²) in [6, 6.07) is 11.5. The highest BCUT2D eigenvalue weighted by molar-refractivity contribution is 7.92. The summed E-state index contributed by atoms with van der Waals surface area (Å²) in [5, 5.41) is 0. The summed E-state index contributed by atoms with van der Waals surface area (Å²) < 4.78 is 63.7. The van der Waals surface area contributed by atoms with Crippen LogP contribution in [0.5, 0.6) is 0 Å². The quantitative estimate of drug-likeness (QED) is 0.732. The van der Waals surface area contributed by atoms with Crippen molar-refractivity contribution >= 4 is 21.6 Å². The van der Waals surface area contributed by atoms with E-state index in [0.29, 0.717) is 16.8 Å². The van der Waals surface area contributed by atoms with Gasteiger partial charge in [0.15, 0.2) is 0 Å². The summed E-state index contributed by atoms with van der Waals surface area (Å²) in [6.45, 7) is 0.212. The summed E-state index contributed by atoms with van der Waals surface area (Å²) >= 11 is 0. The third-order valence-electron chi connectivity index (χ3n) is 4.60. The maximum Gasteiger partial charge on any atom is 0.416 e. The molecule has 0 atom stereocenters. The normalized spacial score (nSPS) is 14.5. The molecule has 0 bridgehead atoms. The number of nitrogens with one attached hydrogen (secondary N) is 1. The van der Waals surface area contributed by atoms with Crippen molar-refractivity contribution in [1.82, 2.24) is 4.90 Å². The largest absolute Gasteiger partial charge is 0.416 e. The van der Waals surface area contributed by atoms with Gasteiger partial charge in [0, 0.05) is 12.6 Å². The first kappa shape index (κ1) is 21.2. The van der Waals surface area contributed by atoms with E-state index in [4.69, 9.17) is 0 Å². The lowest BCUT2D eigenvalue weighted by atomic mass is 10.1. The second-order valence-corrected chi connectivity index (χ2v) is 8.90. The SMILES string of the molecule is CS(=O)(=O)Nc1ccccc1CC(=O)N(Cc1ccc(C(F)(F)F)cc1)C1CC1. The number of anilines is 1. The van der Waals surface area contributed by atoms with E-state index in [-0.39, 0.29) is 24.9 Å². The van der Waals surface area contributed by atoms with Gasteiger partial charge in [0.05, 0.1) is 23.9 Å². The Hall–Kier alpha value is -2.55. The predicted octanol–water partition coefficient (Wildman–Crippen LogP) is 3.81. The molecule has 0 heterocycles.